The van der Waals surface area contributed by atoms with Gasteiger partial charge in [-0.2, -0.15) is 15.0 Å². The molecule has 0 saturated heterocycles. The van der Waals surface area contributed by atoms with Gasteiger partial charge in [0.1, 0.15) is 5.82 Å². The van der Waals surface area contributed by atoms with Crippen molar-refractivity contribution < 1.29 is 0 Å². The smallest absolute Gasteiger partial charge is 0.128 e. The van der Waals surface area contributed by atoms with Gasteiger partial charge in [-0.15, -0.1) is 0 Å². The predicted molar refractivity (Wildman–Crippen MR) is 74.5 cm³/mol. The number of nitrogens with zero attached hydrogens (tertiary/aromatic N) is 4. The van der Waals surface area contributed by atoms with Gasteiger partial charge < -0.3 is 5.32 Å². The van der Waals surface area contributed by atoms with Gasteiger partial charge in [0, 0.05) is 18.8 Å². The van der Waals surface area contributed by atoms with Crippen LogP contribution in [0.5, 0.6) is 0 Å². The monoisotopic (exact) mass is 257 g/mol. The lowest BCUT2D eigenvalue weighted by Gasteiger charge is -2.06. The van der Waals surface area contributed by atoms with Crippen LogP contribution in [0.15, 0.2) is 24.5 Å². The van der Waals surface area contributed by atoms with Crippen LogP contribution in [-0.2, 0) is 0 Å². The van der Waals surface area contributed by atoms with E-state index < -0.39 is 0 Å². The van der Waals surface area contributed by atoms with Crippen molar-refractivity contribution in [1.82, 2.24) is 20.0 Å². The van der Waals surface area contributed by atoms with Crippen LogP contribution in [0.3, 0.4) is 0 Å². The minimum Gasteiger partial charge on any atom is -0.370 e. The van der Waals surface area contributed by atoms with Crippen LogP contribution in [0.4, 0.5) is 5.82 Å². The third-order valence-corrected chi connectivity index (χ3v) is 3.34. The zero-order chi connectivity index (χ0) is 13.2. The quantitative estimate of drug-likeness (QED) is 0.894. The molecule has 0 radical (unpaired) electrons. The Kier molecular flexibility index (Phi) is 3.19. The van der Waals surface area contributed by atoms with Gasteiger partial charge >= 0.3 is 0 Å². The molecule has 5 nitrogen and oxygen atoms in total. The highest BCUT2D eigenvalue weighted by Gasteiger charge is 2.20. The molecule has 100 valence electrons. The normalized spacial score (nSPS) is 14.9. The summed E-state index contributed by atoms with van der Waals surface area (Å²) in [4.78, 5) is 5.99. The molecule has 2 aromatic heterocycles. The van der Waals surface area contributed by atoms with E-state index in [9.17, 15) is 0 Å². The fraction of sp³-hybridized carbons (Fsp3) is 0.500. The van der Waals surface area contributed by atoms with E-state index in [2.05, 4.69) is 34.3 Å². The van der Waals surface area contributed by atoms with Gasteiger partial charge in [0.15, 0.2) is 0 Å². The van der Waals surface area contributed by atoms with Gasteiger partial charge in [-0.25, -0.2) is 4.98 Å². The van der Waals surface area contributed by atoms with Crippen molar-refractivity contribution in [2.45, 2.75) is 32.6 Å². The highest BCUT2D eigenvalue weighted by atomic mass is 15.5. The maximum Gasteiger partial charge on any atom is 0.128 e. The van der Waals surface area contributed by atoms with Gasteiger partial charge in [0.25, 0.3) is 0 Å². The van der Waals surface area contributed by atoms with E-state index in [0.717, 1.165) is 29.7 Å². The minimum atomic E-state index is 0.392. The van der Waals surface area contributed by atoms with Crippen molar-refractivity contribution >= 4 is 5.82 Å². The first kappa shape index (κ1) is 12.1. The van der Waals surface area contributed by atoms with Crippen molar-refractivity contribution in [3.63, 3.8) is 0 Å². The van der Waals surface area contributed by atoms with Gasteiger partial charge in [-0.05, 0) is 30.7 Å². The number of rotatable bonds is 5. The highest BCUT2D eigenvalue weighted by Crippen LogP contribution is 2.28. The molecule has 0 aliphatic heterocycles. The van der Waals surface area contributed by atoms with Crippen LogP contribution < -0.4 is 5.32 Å². The number of hydrogen-bond acceptors (Lipinski definition) is 4. The second-order valence-electron chi connectivity index (χ2n) is 5.44. The Bertz CT molecular complexity index is 556. The maximum absolute atomic E-state index is 4.48. The first-order chi connectivity index (χ1) is 9.22. The summed E-state index contributed by atoms with van der Waals surface area (Å²) in [5, 5.41) is 12.2. The molecule has 0 unspecified atom stereocenters. The molecule has 0 amide bonds. The van der Waals surface area contributed by atoms with Crippen LogP contribution in [0.1, 0.15) is 38.3 Å². The van der Waals surface area contributed by atoms with Crippen LogP contribution in [0.2, 0.25) is 0 Å². The van der Waals surface area contributed by atoms with Crippen LogP contribution in [0, 0.1) is 5.92 Å². The SMILES string of the molecule is CC(C)c1cnn(-c2ccnc(NCC3CC3)c2)n1. The minimum absolute atomic E-state index is 0.392. The number of pyridine rings is 1. The molecule has 1 N–H and O–H groups in total. The largest absolute Gasteiger partial charge is 0.370 e. The predicted octanol–water partition coefficient (Wildman–Crippen LogP) is 2.61. The van der Waals surface area contributed by atoms with Crippen molar-refractivity contribution in [2.75, 3.05) is 11.9 Å². The van der Waals surface area contributed by atoms with Crippen molar-refractivity contribution in [3.8, 4) is 5.69 Å². The lowest BCUT2D eigenvalue weighted by molar-refractivity contribution is 0.716. The lowest BCUT2D eigenvalue weighted by atomic mass is 10.2. The second-order valence-corrected chi connectivity index (χ2v) is 5.44. The third-order valence-electron chi connectivity index (χ3n) is 3.34. The summed E-state index contributed by atoms with van der Waals surface area (Å²) in [6.45, 7) is 5.24. The first-order valence-corrected chi connectivity index (χ1v) is 6.85. The zero-order valence-electron chi connectivity index (χ0n) is 11.4. The highest BCUT2D eigenvalue weighted by molar-refractivity contribution is 5.43. The average Bonchev–Trinajstić information content (AvgIpc) is 3.10. The molecular formula is C14H19N5. The standard InChI is InChI=1S/C14H19N5/c1-10(2)13-9-17-19(18-13)12-5-6-15-14(7-12)16-8-11-3-4-11/h5-7,9-11H,3-4,8H2,1-2H3,(H,15,16). The third kappa shape index (κ3) is 2.92. The molecule has 5 heteroatoms. The molecule has 2 aromatic rings. The van der Waals surface area contributed by atoms with E-state index in [4.69, 9.17) is 0 Å². The number of anilines is 1. The Morgan fingerprint density at radius 2 is 2.26 bits per heavy atom. The van der Waals surface area contributed by atoms with E-state index in [-0.39, 0.29) is 0 Å². The molecular weight excluding hydrogens is 238 g/mol. The molecule has 0 atom stereocenters. The molecule has 1 aliphatic carbocycles. The summed E-state index contributed by atoms with van der Waals surface area (Å²) in [6, 6.07) is 3.92. The molecule has 1 saturated carbocycles. The van der Waals surface area contributed by atoms with E-state index in [1.807, 2.05) is 18.3 Å². The zero-order valence-corrected chi connectivity index (χ0v) is 11.4. The Balaban J connectivity index is 1.76. The molecule has 1 fully saturated rings. The summed E-state index contributed by atoms with van der Waals surface area (Å²) in [5.74, 6) is 2.12. The molecule has 0 aromatic carbocycles. The Labute approximate surface area is 113 Å². The molecule has 2 heterocycles. The molecule has 0 bridgehead atoms. The van der Waals surface area contributed by atoms with E-state index in [0.29, 0.717) is 5.92 Å². The summed E-state index contributed by atoms with van der Waals surface area (Å²) >= 11 is 0. The van der Waals surface area contributed by atoms with Gasteiger partial charge in [0.2, 0.25) is 0 Å². The van der Waals surface area contributed by atoms with Crippen molar-refractivity contribution in [2.24, 2.45) is 5.92 Å². The van der Waals surface area contributed by atoms with E-state index in [1.54, 1.807) is 11.0 Å². The average molecular weight is 257 g/mol. The molecule has 0 spiro atoms. The summed E-state index contributed by atoms with van der Waals surface area (Å²) in [7, 11) is 0. The maximum atomic E-state index is 4.48. The van der Waals surface area contributed by atoms with Crippen molar-refractivity contribution in [3.05, 3.63) is 30.2 Å². The van der Waals surface area contributed by atoms with Crippen LogP contribution in [-0.4, -0.2) is 26.5 Å². The van der Waals surface area contributed by atoms with Gasteiger partial charge in [-0.1, -0.05) is 13.8 Å². The fourth-order valence-corrected chi connectivity index (χ4v) is 1.88. The van der Waals surface area contributed by atoms with Gasteiger partial charge in [0.05, 0.1) is 17.6 Å². The summed E-state index contributed by atoms with van der Waals surface area (Å²) in [5.41, 5.74) is 1.95. The summed E-state index contributed by atoms with van der Waals surface area (Å²) in [6.07, 6.45) is 6.29. The van der Waals surface area contributed by atoms with E-state index >= 15 is 0 Å². The number of aromatic nitrogens is 4. The van der Waals surface area contributed by atoms with Gasteiger partial charge in [-0.3, -0.25) is 0 Å². The molecule has 19 heavy (non-hydrogen) atoms. The molecule has 3 rings (SSSR count). The second kappa shape index (κ2) is 4.99. The Morgan fingerprint density at radius 3 is 2.95 bits per heavy atom. The van der Waals surface area contributed by atoms with Crippen molar-refractivity contribution in [1.29, 1.82) is 0 Å². The fourth-order valence-electron chi connectivity index (χ4n) is 1.88. The van der Waals surface area contributed by atoms with Crippen LogP contribution in [0.25, 0.3) is 5.69 Å². The first-order valence-electron chi connectivity index (χ1n) is 6.85. The Hall–Kier alpha value is -1.91. The van der Waals surface area contributed by atoms with Crippen LogP contribution >= 0.6 is 0 Å². The Morgan fingerprint density at radius 1 is 1.42 bits per heavy atom. The molecule has 1 aliphatic rings. The number of nitrogens with one attached hydrogen (secondary N) is 1. The van der Waals surface area contributed by atoms with E-state index in [1.165, 1.54) is 12.8 Å². The summed E-state index contributed by atoms with van der Waals surface area (Å²) < 4.78 is 0. The number of hydrogen-bond donors (Lipinski definition) is 1. The topological polar surface area (TPSA) is 55.6 Å². The lowest BCUT2D eigenvalue weighted by Crippen LogP contribution is -2.06.